The summed E-state index contributed by atoms with van der Waals surface area (Å²) < 4.78 is 0. The zero-order chi connectivity index (χ0) is 29.5. The molecule has 0 saturated carbocycles. The maximum absolute atomic E-state index is 13.8. The third kappa shape index (κ3) is 2.18. The van der Waals surface area contributed by atoms with Gasteiger partial charge in [-0.05, 0) is 36.4 Å². The van der Waals surface area contributed by atoms with E-state index in [1.54, 1.807) is 72.8 Å². The summed E-state index contributed by atoms with van der Waals surface area (Å²) in [5.41, 5.74) is 1.95. The molecule has 0 unspecified atom stereocenters. The molecule has 0 aromatic heterocycles. The second-order valence-corrected chi connectivity index (χ2v) is 12.6. The van der Waals surface area contributed by atoms with Gasteiger partial charge in [-0.2, -0.15) is 0 Å². The lowest BCUT2D eigenvalue weighted by atomic mass is 9.71. The van der Waals surface area contributed by atoms with Gasteiger partial charge in [-0.3, -0.25) is 28.8 Å². The van der Waals surface area contributed by atoms with E-state index >= 15 is 0 Å². The quantitative estimate of drug-likeness (QED) is 0.416. The molecular formula is C32H20N6O6. The Morgan fingerprint density at radius 3 is 0.682 bits per heavy atom. The number of amides is 6. The van der Waals surface area contributed by atoms with Crippen molar-refractivity contribution in [1.82, 2.24) is 30.1 Å². The number of nitrogens with zero attached hydrogens (tertiary/aromatic N) is 6. The van der Waals surface area contributed by atoms with E-state index in [1.807, 2.05) is 15.0 Å². The Kier molecular flexibility index (Phi) is 3.82. The van der Waals surface area contributed by atoms with Crippen LogP contribution in [0.3, 0.4) is 0 Å². The minimum atomic E-state index is -0.419. The first-order chi connectivity index (χ1) is 21.4. The zero-order valence-corrected chi connectivity index (χ0v) is 22.7. The van der Waals surface area contributed by atoms with Crippen LogP contribution in [0.1, 0.15) is 62.1 Å². The lowest BCUT2D eigenvalue weighted by Gasteiger charge is -2.32. The minimum absolute atomic E-state index is 0.238. The van der Waals surface area contributed by atoms with Crippen LogP contribution in [0.4, 0.5) is 0 Å². The van der Waals surface area contributed by atoms with E-state index in [2.05, 4.69) is 0 Å². The second-order valence-electron chi connectivity index (χ2n) is 12.6. The van der Waals surface area contributed by atoms with Crippen LogP contribution in [0, 0.1) is 11.8 Å². The second kappa shape index (κ2) is 7.18. The molecule has 0 radical (unpaired) electrons. The van der Waals surface area contributed by atoms with Gasteiger partial charge in [0.2, 0.25) is 0 Å². The number of carbonyl (C=O) groups is 6. The molecule has 12 heteroatoms. The molecule has 12 nitrogen and oxygen atoms in total. The highest BCUT2D eigenvalue weighted by molar-refractivity contribution is 6.22. The molecule has 0 spiro atoms. The summed E-state index contributed by atoms with van der Waals surface area (Å²) in [6.07, 6.45) is 0. The van der Waals surface area contributed by atoms with Crippen LogP contribution in [0.2, 0.25) is 0 Å². The molecule has 6 bridgehead atoms. The first kappa shape index (κ1) is 23.4. The molecule has 9 aliphatic rings. The Hall–Kier alpha value is -5.04. The SMILES string of the molecule is O=C1c2ccccc2C(=O)N1N1[C@@H]2C3[C@@H]4[C@H]5C([C@H]2N4N2C(=O)c4ccccc4C2=O)[C@@H]1[C@@H]3N5N1C(=O)c2ccccc2C1=O. The number of imide groups is 3. The molecule has 3 aromatic rings. The summed E-state index contributed by atoms with van der Waals surface area (Å²) in [6.45, 7) is 0. The first-order valence-electron chi connectivity index (χ1n) is 14.7. The van der Waals surface area contributed by atoms with Gasteiger partial charge in [-0.15, -0.1) is 0 Å². The van der Waals surface area contributed by atoms with Crippen LogP contribution >= 0.6 is 0 Å². The number of rotatable bonds is 3. The van der Waals surface area contributed by atoms with Crippen molar-refractivity contribution in [3.05, 3.63) is 106 Å². The Morgan fingerprint density at radius 1 is 0.318 bits per heavy atom. The highest BCUT2D eigenvalue weighted by Gasteiger charge is 2.89. The van der Waals surface area contributed by atoms with Crippen LogP contribution < -0.4 is 0 Å². The Bertz CT molecular complexity index is 1670. The summed E-state index contributed by atoms with van der Waals surface area (Å²) in [5.74, 6) is -2.99. The monoisotopic (exact) mass is 584 g/mol. The number of hydrogen-bond acceptors (Lipinski definition) is 9. The maximum atomic E-state index is 13.8. The van der Waals surface area contributed by atoms with Crippen LogP contribution in [0.25, 0.3) is 0 Å². The lowest BCUT2D eigenvalue weighted by molar-refractivity contribution is -0.0246. The summed E-state index contributed by atoms with van der Waals surface area (Å²) in [7, 11) is 0. The van der Waals surface area contributed by atoms with Crippen molar-refractivity contribution in [3.8, 4) is 0 Å². The summed E-state index contributed by atoms with van der Waals surface area (Å²) >= 11 is 0. The number of fused-ring (bicyclic) bond motifs is 3. The highest BCUT2D eigenvalue weighted by Crippen LogP contribution is 2.71. The predicted octanol–water partition coefficient (Wildman–Crippen LogP) is 1.04. The molecule has 6 atom stereocenters. The van der Waals surface area contributed by atoms with Crippen molar-refractivity contribution < 1.29 is 28.8 Å². The fraction of sp³-hybridized carbons (Fsp3) is 0.250. The van der Waals surface area contributed by atoms with Crippen LogP contribution in [-0.2, 0) is 0 Å². The van der Waals surface area contributed by atoms with Gasteiger partial charge < -0.3 is 0 Å². The van der Waals surface area contributed by atoms with Gasteiger partial charge in [0.05, 0.1) is 69.6 Å². The summed E-state index contributed by atoms with van der Waals surface area (Å²) in [5, 5.41) is 9.28. The molecule has 44 heavy (non-hydrogen) atoms. The highest BCUT2D eigenvalue weighted by atomic mass is 16.2. The average Bonchev–Trinajstić information content (AvgIpc) is 3.90. The average molecular weight is 585 g/mol. The Morgan fingerprint density at radius 2 is 0.500 bits per heavy atom. The molecule has 6 amide bonds. The topological polar surface area (TPSA) is 122 Å². The normalized spacial score (nSPS) is 35.6. The largest absolute Gasteiger partial charge is 0.276 e. The Balaban J connectivity index is 1.06. The van der Waals surface area contributed by atoms with Gasteiger partial charge in [-0.25, -0.2) is 30.1 Å². The molecule has 214 valence electrons. The summed E-state index contributed by atoms with van der Waals surface area (Å²) in [4.78, 5) is 82.6. The first-order valence-corrected chi connectivity index (χ1v) is 14.7. The fourth-order valence-electron chi connectivity index (χ4n) is 10.1. The number of carbonyl (C=O) groups excluding carboxylic acids is 6. The van der Waals surface area contributed by atoms with E-state index in [0.717, 1.165) is 0 Å². The van der Waals surface area contributed by atoms with E-state index in [1.165, 1.54) is 15.0 Å². The van der Waals surface area contributed by atoms with Gasteiger partial charge in [0.1, 0.15) is 0 Å². The molecule has 9 aliphatic heterocycles. The molecule has 9 heterocycles. The number of benzene rings is 3. The maximum Gasteiger partial charge on any atom is 0.276 e. The predicted molar refractivity (Wildman–Crippen MR) is 146 cm³/mol. The van der Waals surface area contributed by atoms with Gasteiger partial charge in [0, 0.05) is 11.8 Å². The molecule has 12 rings (SSSR count). The minimum Gasteiger partial charge on any atom is -0.267 e. The van der Waals surface area contributed by atoms with Crippen LogP contribution in [-0.4, -0.2) is 102 Å². The molecule has 0 aliphatic carbocycles. The van der Waals surface area contributed by atoms with E-state index in [4.69, 9.17) is 0 Å². The van der Waals surface area contributed by atoms with Crippen molar-refractivity contribution in [3.63, 3.8) is 0 Å². The standard InChI is InChI=1S/C32H20N6O6/c39-27-13-7-1-2-8-14(13)28(40)36(27)33-21-20-24-22(33)19-23(21)34(37-29(41)15-9-3-4-10-16(15)30(37)42)25(20)26(19)35(24)38-31(43)17-11-5-6-12-18(17)32(38)44/h1-12,19-26H/t19?,20?,21-,22-,23-,24-,25-,26-/m1/s1. The van der Waals surface area contributed by atoms with Gasteiger partial charge >= 0.3 is 0 Å². The third-order valence-electron chi connectivity index (χ3n) is 11.3. The van der Waals surface area contributed by atoms with Crippen molar-refractivity contribution >= 4 is 35.4 Å². The molecule has 6 saturated heterocycles. The zero-order valence-electron chi connectivity index (χ0n) is 22.7. The molecule has 6 fully saturated rings. The van der Waals surface area contributed by atoms with Crippen LogP contribution in [0.15, 0.2) is 72.8 Å². The smallest absolute Gasteiger partial charge is 0.267 e. The van der Waals surface area contributed by atoms with E-state index in [-0.39, 0.29) is 48.1 Å². The van der Waals surface area contributed by atoms with E-state index in [9.17, 15) is 28.8 Å². The van der Waals surface area contributed by atoms with Crippen molar-refractivity contribution in [2.75, 3.05) is 0 Å². The van der Waals surface area contributed by atoms with E-state index in [0.29, 0.717) is 33.4 Å². The number of hydrazine groups is 3. The van der Waals surface area contributed by atoms with Crippen molar-refractivity contribution in [2.45, 2.75) is 36.3 Å². The van der Waals surface area contributed by atoms with E-state index < -0.39 is 35.4 Å². The van der Waals surface area contributed by atoms with Gasteiger partial charge in [0.15, 0.2) is 0 Å². The van der Waals surface area contributed by atoms with Gasteiger partial charge in [-0.1, -0.05) is 36.4 Å². The summed E-state index contributed by atoms with van der Waals surface area (Å²) in [6, 6.07) is 17.8. The third-order valence-corrected chi connectivity index (χ3v) is 11.3. The van der Waals surface area contributed by atoms with Crippen molar-refractivity contribution in [2.24, 2.45) is 11.8 Å². The fourth-order valence-corrected chi connectivity index (χ4v) is 10.1. The van der Waals surface area contributed by atoms with Crippen LogP contribution in [0.5, 0.6) is 0 Å². The molecule has 3 aromatic carbocycles. The number of hydrogen-bond donors (Lipinski definition) is 0. The molecular weight excluding hydrogens is 564 g/mol. The van der Waals surface area contributed by atoms with Gasteiger partial charge in [0.25, 0.3) is 35.4 Å². The lowest BCUT2D eigenvalue weighted by Crippen LogP contribution is -2.53. The van der Waals surface area contributed by atoms with Crippen molar-refractivity contribution in [1.29, 1.82) is 0 Å². The Labute approximate surface area is 248 Å². The molecule has 0 N–H and O–H groups in total.